The van der Waals surface area contributed by atoms with Gasteiger partial charge in [-0.15, -0.1) is 11.3 Å². The second-order valence-corrected chi connectivity index (χ2v) is 9.32. The fourth-order valence-electron chi connectivity index (χ4n) is 4.17. The molecule has 2 aromatic heterocycles. The van der Waals surface area contributed by atoms with Crippen molar-refractivity contribution in [2.75, 3.05) is 36.4 Å². The molecule has 0 unspecified atom stereocenters. The molecule has 9 nitrogen and oxygen atoms in total. The molecule has 0 fully saturated rings. The molecule has 0 aliphatic carbocycles. The van der Waals surface area contributed by atoms with Crippen LogP contribution in [0.15, 0.2) is 54.2 Å². The van der Waals surface area contributed by atoms with Gasteiger partial charge in [-0.3, -0.25) is 24.2 Å². The fourth-order valence-corrected chi connectivity index (χ4v) is 4.82. The number of thiazole rings is 1. The van der Waals surface area contributed by atoms with E-state index in [-0.39, 0.29) is 30.6 Å². The molecule has 0 saturated carbocycles. The number of anilines is 3. The van der Waals surface area contributed by atoms with Crippen LogP contribution in [-0.4, -0.2) is 63.7 Å². The van der Waals surface area contributed by atoms with Crippen LogP contribution >= 0.6 is 11.3 Å². The molecular weight excluding hydrogens is 476 g/mol. The molecule has 1 aromatic carbocycles. The number of aromatic nitrogens is 2. The monoisotopic (exact) mass is 506 g/mol. The number of benzene rings is 1. The molecular formula is C26H30N6O3S. The zero-order chi connectivity index (χ0) is 25.5. The van der Waals surface area contributed by atoms with E-state index in [9.17, 15) is 14.4 Å². The van der Waals surface area contributed by atoms with Gasteiger partial charge in [-0.1, -0.05) is 19.1 Å². The minimum Gasteiger partial charge on any atom is -0.342 e. The van der Waals surface area contributed by atoms with Crippen LogP contribution in [0.4, 0.5) is 17.2 Å². The Balaban J connectivity index is 1.42. The smallest absolute Gasteiger partial charge is 0.257 e. The van der Waals surface area contributed by atoms with Gasteiger partial charge >= 0.3 is 0 Å². The molecule has 0 atom stereocenters. The highest BCUT2D eigenvalue weighted by atomic mass is 32.1. The van der Waals surface area contributed by atoms with E-state index in [0.29, 0.717) is 35.8 Å². The van der Waals surface area contributed by atoms with Gasteiger partial charge in [0.05, 0.1) is 23.5 Å². The number of amides is 3. The zero-order valence-corrected chi connectivity index (χ0v) is 21.3. The second kappa shape index (κ2) is 11.9. The minimum atomic E-state index is -0.304. The van der Waals surface area contributed by atoms with Crippen molar-refractivity contribution in [3.63, 3.8) is 0 Å². The first-order valence-electron chi connectivity index (χ1n) is 12.1. The molecule has 36 heavy (non-hydrogen) atoms. The van der Waals surface area contributed by atoms with Gasteiger partial charge in [0, 0.05) is 50.2 Å². The molecule has 10 heteroatoms. The third kappa shape index (κ3) is 5.77. The van der Waals surface area contributed by atoms with Crippen LogP contribution in [0.3, 0.4) is 0 Å². The van der Waals surface area contributed by atoms with Crippen LogP contribution in [0, 0.1) is 0 Å². The summed E-state index contributed by atoms with van der Waals surface area (Å²) in [4.78, 5) is 53.4. The maximum atomic E-state index is 13.5. The van der Waals surface area contributed by atoms with Gasteiger partial charge in [0.2, 0.25) is 11.8 Å². The lowest BCUT2D eigenvalue weighted by atomic mass is 10.1. The summed E-state index contributed by atoms with van der Waals surface area (Å²) in [6.07, 6.45) is 3.46. The molecule has 1 aliphatic rings. The lowest BCUT2D eigenvalue weighted by Gasteiger charge is -2.26. The summed E-state index contributed by atoms with van der Waals surface area (Å²) in [6.45, 7) is 7.53. The number of carbonyl (C=O) groups excluding carboxylic acids is 3. The lowest BCUT2D eigenvalue weighted by Crippen LogP contribution is -2.39. The number of rotatable bonds is 10. The van der Waals surface area contributed by atoms with Crippen LogP contribution < -0.4 is 10.2 Å². The molecule has 1 N–H and O–H groups in total. The molecule has 3 amide bonds. The SMILES string of the molecule is CCN(CCN(CC)C(=O)CCC(=O)N1c2ccccc2C(=O)Nc2cccnc21)Cc1nccs1. The maximum Gasteiger partial charge on any atom is 0.257 e. The van der Waals surface area contributed by atoms with Gasteiger partial charge < -0.3 is 10.2 Å². The summed E-state index contributed by atoms with van der Waals surface area (Å²) in [5.41, 5.74) is 1.29. The summed E-state index contributed by atoms with van der Waals surface area (Å²) < 4.78 is 0. The first-order valence-corrected chi connectivity index (χ1v) is 13.0. The Bertz CT molecular complexity index is 1220. The van der Waals surface area contributed by atoms with Crippen LogP contribution in [0.2, 0.25) is 0 Å². The van der Waals surface area contributed by atoms with E-state index in [4.69, 9.17) is 0 Å². The Hall–Kier alpha value is -3.63. The Morgan fingerprint density at radius 3 is 2.58 bits per heavy atom. The van der Waals surface area contributed by atoms with Crippen LogP contribution in [-0.2, 0) is 16.1 Å². The number of likely N-dealkylation sites (N-methyl/N-ethyl adjacent to an activating group) is 2. The van der Waals surface area contributed by atoms with E-state index >= 15 is 0 Å². The number of carbonyl (C=O) groups is 3. The highest BCUT2D eigenvalue weighted by molar-refractivity contribution is 7.09. The second-order valence-electron chi connectivity index (χ2n) is 8.34. The van der Waals surface area contributed by atoms with Crippen molar-refractivity contribution in [2.24, 2.45) is 0 Å². The predicted octanol–water partition coefficient (Wildman–Crippen LogP) is 3.92. The van der Waals surface area contributed by atoms with Crippen LogP contribution in [0.5, 0.6) is 0 Å². The van der Waals surface area contributed by atoms with Gasteiger partial charge in [-0.25, -0.2) is 9.97 Å². The standard InChI is InChI=1S/C26H30N6O3S/c1-3-30(18-22-27-14-17-36-22)15-16-31(4-2)23(33)11-12-24(34)32-21-10-6-5-8-19(21)26(35)29-20-9-7-13-28-25(20)32/h5-10,13-14,17H,3-4,11-12,15-16,18H2,1-2H3,(H,29,35). The number of fused-ring (bicyclic) bond motifs is 2. The Morgan fingerprint density at radius 1 is 1.00 bits per heavy atom. The van der Waals surface area contributed by atoms with E-state index in [1.54, 1.807) is 65.0 Å². The van der Waals surface area contributed by atoms with Crippen molar-refractivity contribution in [2.45, 2.75) is 33.2 Å². The van der Waals surface area contributed by atoms with E-state index in [2.05, 4.69) is 27.1 Å². The summed E-state index contributed by atoms with van der Waals surface area (Å²) in [5, 5.41) is 5.84. The summed E-state index contributed by atoms with van der Waals surface area (Å²) in [7, 11) is 0. The maximum absolute atomic E-state index is 13.5. The lowest BCUT2D eigenvalue weighted by molar-refractivity contribution is -0.133. The normalized spacial score (nSPS) is 12.5. The zero-order valence-electron chi connectivity index (χ0n) is 20.5. The predicted molar refractivity (Wildman–Crippen MR) is 140 cm³/mol. The van der Waals surface area contributed by atoms with Crippen molar-refractivity contribution in [3.05, 3.63) is 64.7 Å². The van der Waals surface area contributed by atoms with Gasteiger partial charge in [0.1, 0.15) is 5.01 Å². The van der Waals surface area contributed by atoms with Gasteiger partial charge in [0.25, 0.3) is 5.91 Å². The molecule has 4 rings (SSSR count). The number of nitrogens with zero attached hydrogens (tertiary/aromatic N) is 5. The molecule has 0 radical (unpaired) electrons. The average molecular weight is 507 g/mol. The first-order chi connectivity index (χ1) is 17.5. The summed E-state index contributed by atoms with van der Waals surface area (Å²) in [6, 6.07) is 10.3. The quantitative estimate of drug-likeness (QED) is 0.448. The van der Waals surface area contributed by atoms with E-state index in [1.807, 2.05) is 12.3 Å². The molecule has 3 heterocycles. The first kappa shape index (κ1) is 25.5. The summed E-state index contributed by atoms with van der Waals surface area (Å²) in [5.74, 6) is -0.319. The van der Waals surface area contributed by atoms with Crippen molar-refractivity contribution in [1.29, 1.82) is 0 Å². The largest absolute Gasteiger partial charge is 0.342 e. The third-order valence-corrected chi connectivity index (χ3v) is 6.91. The van der Waals surface area contributed by atoms with Crippen LogP contribution in [0.1, 0.15) is 42.1 Å². The number of hydrogen-bond acceptors (Lipinski definition) is 7. The van der Waals surface area contributed by atoms with E-state index < -0.39 is 0 Å². The molecule has 0 bridgehead atoms. The van der Waals surface area contributed by atoms with Crippen molar-refractivity contribution >= 4 is 46.3 Å². The van der Waals surface area contributed by atoms with Gasteiger partial charge in [-0.05, 0) is 37.7 Å². The van der Waals surface area contributed by atoms with Gasteiger partial charge in [0.15, 0.2) is 5.82 Å². The minimum absolute atomic E-state index is 0.00444. The average Bonchev–Trinajstić information content (AvgIpc) is 3.37. The highest BCUT2D eigenvalue weighted by Gasteiger charge is 2.30. The summed E-state index contributed by atoms with van der Waals surface area (Å²) >= 11 is 1.62. The van der Waals surface area contributed by atoms with E-state index in [0.717, 1.165) is 24.6 Å². The fraction of sp³-hybridized carbons (Fsp3) is 0.346. The molecule has 0 saturated heterocycles. The molecule has 0 spiro atoms. The molecule has 3 aromatic rings. The van der Waals surface area contributed by atoms with Crippen molar-refractivity contribution in [1.82, 2.24) is 19.8 Å². The van der Waals surface area contributed by atoms with Crippen LogP contribution in [0.25, 0.3) is 0 Å². The number of para-hydroxylation sites is 1. The van der Waals surface area contributed by atoms with E-state index in [1.165, 1.54) is 4.90 Å². The van der Waals surface area contributed by atoms with Crippen molar-refractivity contribution in [3.8, 4) is 0 Å². The topological polar surface area (TPSA) is 98.7 Å². The number of nitrogens with one attached hydrogen (secondary N) is 1. The Morgan fingerprint density at radius 2 is 1.83 bits per heavy atom. The number of hydrogen-bond donors (Lipinski definition) is 1. The van der Waals surface area contributed by atoms with Crippen molar-refractivity contribution < 1.29 is 14.4 Å². The molecule has 1 aliphatic heterocycles. The number of pyridine rings is 1. The molecule has 188 valence electrons. The van der Waals surface area contributed by atoms with Gasteiger partial charge in [-0.2, -0.15) is 0 Å². The Kier molecular flexibility index (Phi) is 8.40. The third-order valence-electron chi connectivity index (χ3n) is 6.15. The Labute approximate surface area is 214 Å². The highest BCUT2D eigenvalue weighted by Crippen LogP contribution is 2.36.